The predicted molar refractivity (Wildman–Crippen MR) is 85.4 cm³/mol. The molecule has 2 aliphatic rings. The van der Waals surface area contributed by atoms with Gasteiger partial charge in [-0.25, -0.2) is 0 Å². The van der Waals surface area contributed by atoms with Crippen molar-refractivity contribution in [3.05, 3.63) is 30.1 Å². The number of rotatable bonds is 4. The van der Waals surface area contributed by atoms with Gasteiger partial charge >= 0.3 is 0 Å². The number of hydrogen-bond acceptors (Lipinski definition) is 5. The van der Waals surface area contributed by atoms with Crippen LogP contribution in [0.3, 0.4) is 0 Å². The van der Waals surface area contributed by atoms with Crippen LogP contribution >= 0.6 is 0 Å². The molecule has 1 unspecified atom stereocenters. The minimum atomic E-state index is 0.428. The van der Waals surface area contributed by atoms with Crippen LogP contribution in [0, 0.1) is 0 Å². The van der Waals surface area contributed by atoms with Crippen LogP contribution in [0.1, 0.15) is 11.7 Å². The van der Waals surface area contributed by atoms with Crippen LogP contribution in [-0.4, -0.2) is 85.6 Å². The van der Waals surface area contributed by atoms with Crippen LogP contribution in [0.2, 0.25) is 0 Å². The average Bonchev–Trinajstić information content (AvgIpc) is 2.56. The highest BCUT2D eigenvalue weighted by molar-refractivity contribution is 5.10. The van der Waals surface area contributed by atoms with Gasteiger partial charge < -0.3 is 10.2 Å². The van der Waals surface area contributed by atoms with Gasteiger partial charge in [-0.15, -0.1) is 0 Å². The Balaban J connectivity index is 1.69. The molecule has 0 aliphatic carbocycles. The Hall–Kier alpha value is -1.01. The third-order valence-electron chi connectivity index (χ3n) is 4.65. The molecule has 0 aromatic carbocycles. The van der Waals surface area contributed by atoms with Crippen LogP contribution in [0.4, 0.5) is 0 Å². The highest BCUT2D eigenvalue weighted by Gasteiger charge is 2.26. The van der Waals surface area contributed by atoms with Crippen molar-refractivity contribution in [2.45, 2.75) is 6.04 Å². The standard InChI is InChI=1S/C16H27N5/c1-19-10-12-20(13-11-19)14-16(15-4-2-3-5-18-15)21-8-6-17-7-9-21/h2-5,16-17H,6-14H2,1H3. The lowest BCUT2D eigenvalue weighted by molar-refractivity contribution is 0.0906. The third kappa shape index (κ3) is 4.01. The van der Waals surface area contributed by atoms with E-state index < -0.39 is 0 Å². The maximum atomic E-state index is 4.64. The molecule has 1 aromatic heterocycles. The van der Waals surface area contributed by atoms with E-state index in [0.717, 1.165) is 32.7 Å². The first-order valence-corrected chi connectivity index (χ1v) is 8.09. The first kappa shape index (κ1) is 14.9. The van der Waals surface area contributed by atoms with Gasteiger partial charge in [0.25, 0.3) is 0 Å². The van der Waals surface area contributed by atoms with Gasteiger partial charge in [0.1, 0.15) is 0 Å². The molecule has 0 saturated carbocycles. The summed E-state index contributed by atoms with van der Waals surface area (Å²) in [5.41, 5.74) is 1.22. The van der Waals surface area contributed by atoms with E-state index in [2.05, 4.69) is 44.2 Å². The first-order chi connectivity index (χ1) is 10.3. The summed E-state index contributed by atoms with van der Waals surface area (Å²) in [6.07, 6.45) is 1.93. The normalized spacial score (nSPS) is 24.0. The van der Waals surface area contributed by atoms with Crippen LogP contribution in [-0.2, 0) is 0 Å². The Morgan fingerprint density at radius 3 is 2.52 bits per heavy atom. The summed E-state index contributed by atoms with van der Waals surface area (Å²) < 4.78 is 0. The largest absolute Gasteiger partial charge is 0.314 e. The maximum absolute atomic E-state index is 4.64. The van der Waals surface area contributed by atoms with Crippen LogP contribution in [0.25, 0.3) is 0 Å². The molecule has 3 heterocycles. The van der Waals surface area contributed by atoms with E-state index in [-0.39, 0.29) is 0 Å². The van der Waals surface area contributed by atoms with E-state index in [1.807, 2.05) is 12.3 Å². The number of pyridine rings is 1. The summed E-state index contributed by atoms with van der Waals surface area (Å²) in [5.74, 6) is 0. The molecular weight excluding hydrogens is 262 g/mol. The van der Waals surface area contributed by atoms with Crippen molar-refractivity contribution in [1.82, 2.24) is 25.0 Å². The lowest BCUT2D eigenvalue weighted by Crippen LogP contribution is -2.51. The molecule has 5 heteroatoms. The van der Waals surface area contributed by atoms with Gasteiger partial charge in [0.2, 0.25) is 0 Å². The molecule has 116 valence electrons. The number of hydrogen-bond donors (Lipinski definition) is 1. The molecule has 5 nitrogen and oxygen atoms in total. The highest BCUT2D eigenvalue weighted by Crippen LogP contribution is 2.21. The fourth-order valence-corrected chi connectivity index (χ4v) is 3.24. The van der Waals surface area contributed by atoms with E-state index in [4.69, 9.17) is 0 Å². The Bertz CT molecular complexity index is 410. The number of aromatic nitrogens is 1. The third-order valence-corrected chi connectivity index (χ3v) is 4.65. The van der Waals surface area contributed by atoms with Crippen molar-refractivity contribution < 1.29 is 0 Å². The molecule has 2 saturated heterocycles. The van der Waals surface area contributed by atoms with E-state index in [1.165, 1.54) is 31.9 Å². The minimum Gasteiger partial charge on any atom is -0.314 e. The summed E-state index contributed by atoms with van der Waals surface area (Å²) >= 11 is 0. The van der Waals surface area contributed by atoms with Gasteiger partial charge in [0.05, 0.1) is 11.7 Å². The van der Waals surface area contributed by atoms with E-state index in [9.17, 15) is 0 Å². The molecule has 1 aromatic rings. The lowest BCUT2D eigenvalue weighted by Gasteiger charge is -2.39. The summed E-state index contributed by atoms with van der Waals surface area (Å²) in [5, 5.41) is 3.45. The maximum Gasteiger partial charge on any atom is 0.0650 e. The summed E-state index contributed by atoms with van der Waals surface area (Å²) in [7, 11) is 2.21. The van der Waals surface area contributed by atoms with Gasteiger partial charge in [0, 0.05) is 65.1 Å². The molecule has 2 aliphatic heterocycles. The van der Waals surface area contributed by atoms with Crippen molar-refractivity contribution >= 4 is 0 Å². The molecule has 0 amide bonds. The summed E-state index contributed by atoms with van der Waals surface area (Å²) in [4.78, 5) is 12.2. The van der Waals surface area contributed by atoms with Gasteiger partial charge in [-0.1, -0.05) is 6.07 Å². The number of nitrogens with one attached hydrogen (secondary N) is 1. The second kappa shape index (κ2) is 7.31. The van der Waals surface area contributed by atoms with Crippen molar-refractivity contribution in [1.29, 1.82) is 0 Å². The second-order valence-electron chi connectivity index (χ2n) is 6.16. The Morgan fingerprint density at radius 2 is 1.86 bits per heavy atom. The molecule has 2 fully saturated rings. The minimum absolute atomic E-state index is 0.428. The SMILES string of the molecule is CN1CCN(CC(c2ccccn2)N2CCNCC2)CC1. The van der Waals surface area contributed by atoms with Crippen LogP contribution in [0.15, 0.2) is 24.4 Å². The second-order valence-corrected chi connectivity index (χ2v) is 6.16. The van der Waals surface area contributed by atoms with Gasteiger partial charge in [-0.2, -0.15) is 0 Å². The van der Waals surface area contributed by atoms with Crippen molar-refractivity contribution in [2.75, 3.05) is 66.0 Å². The van der Waals surface area contributed by atoms with E-state index in [1.54, 1.807) is 0 Å². The van der Waals surface area contributed by atoms with Crippen LogP contribution in [0.5, 0.6) is 0 Å². The Kier molecular flexibility index (Phi) is 5.19. The number of piperazine rings is 2. The smallest absolute Gasteiger partial charge is 0.0650 e. The molecule has 3 rings (SSSR count). The molecule has 1 atom stereocenters. The van der Waals surface area contributed by atoms with Crippen molar-refractivity contribution in [3.63, 3.8) is 0 Å². The van der Waals surface area contributed by atoms with Gasteiger partial charge in [0.15, 0.2) is 0 Å². The van der Waals surface area contributed by atoms with Gasteiger partial charge in [-0.05, 0) is 19.2 Å². The average molecular weight is 289 g/mol. The molecular formula is C16H27N5. The number of nitrogens with zero attached hydrogens (tertiary/aromatic N) is 4. The molecule has 21 heavy (non-hydrogen) atoms. The van der Waals surface area contributed by atoms with Crippen molar-refractivity contribution in [2.24, 2.45) is 0 Å². The van der Waals surface area contributed by atoms with E-state index in [0.29, 0.717) is 6.04 Å². The van der Waals surface area contributed by atoms with Gasteiger partial charge in [-0.3, -0.25) is 14.8 Å². The predicted octanol–water partition coefficient (Wildman–Crippen LogP) is 0.275. The topological polar surface area (TPSA) is 34.6 Å². The fourth-order valence-electron chi connectivity index (χ4n) is 3.24. The zero-order chi connectivity index (χ0) is 14.5. The lowest BCUT2D eigenvalue weighted by atomic mass is 10.1. The quantitative estimate of drug-likeness (QED) is 0.861. The Labute approximate surface area is 127 Å². The molecule has 0 spiro atoms. The Morgan fingerprint density at radius 1 is 1.10 bits per heavy atom. The molecule has 0 radical (unpaired) electrons. The first-order valence-electron chi connectivity index (χ1n) is 8.09. The summed E-state index contributed by atoms with van der Waals surface area (Å²) in [6, 6.07) is 6.73. The molecule has 1 N–H and O–H groups in total. The van der Waals surface area contributed by atoms with Crippen LogP contribution < -0.4 is 5.32 Å². The zero-order valence-electron chi connectivity index (χ0n) is 13.0. The zero-order valence-corrected chi connectivity index (χ0v) is 13.0. The molecule has 0 bridgehead atoms. The number of likely N-dealkylation sites (N-methyl/N-ethyl adjacent to an activating group) is 1. The fraction of sp³-hybridized carbons (Fsp3) is 0.688. The summed E-state index contributed by atoms with van der Waals surface area (Å²) in [6.45, 7) is 10.2. The highest BCUT2D eigenvalue weighted by atomic mass is 15.3. The monoisotopic (exact) mass is 289 g/mol. The van der Waals surface area contributed by atoms with E-state index >= 15 is 0 Å². The van der Waals surface area contributed by atoms with Crippen molar-refractivity contribution in [3.8, 4) is 0 Å².